The van der Waals surface area contributed by atoms with Crippen LogP contribution in [-0.2, 0) is 16.0 Å². The molecule has 0 aliphatic carbocycles. The molecule has 0 bridgehead atoms. The Morgan fingerprint density at radius 3 is 2.48 bits per heavy atom. The number of carbonyl (C=O) groups is 2. The Balaban J connectivity index is 2.55. The first-order valence-corrected chi connectivity index (χ1v) is 7.74. The molecule has 128 valence electrons. The molecule has 2 N–H and O–H groups in total. The monoisotopic (exact) mass is 323 g/mol. The Morgan fingerprint density at radius 2 is 1.91 bits per heavy atom. The van der Waals surface area contributed by atoms with Crippen LogP contribution in [0.4, 0.5) is 0 Å². The molecule has 1 rings (SSSR count). The highest BCUT2D eigenvalue weighted by molar-refractivity contribution is 5.96. The summed E-state index contributed by atoms with van der Waals surface area (Å²) in [4.78, 5) is 23.1. The number of hydrogen-bond acceptors (Lipinski definition) is 4. The minimum atomic E-state index is -1.07. The molecule has 1 atom stereocenters. The molecule has 1 aromatic carbocycles. The van der Waals surface area contributed by atoms with Gasteiger partial charge in [0.25, 0.3) is 0 Å². The maximum atomic E-state index is 12.0. The predicted molar refractivity (Wildman–Crippen MR) is 86.9 cm³/mol. The Labute approximate surface area is 136 Å². The molecule has 23 heavy (non-hydrogen) atoms. The first-order valence-electron chi connectivity index (χ1n) is 7.74. The molecule has 6 heteroatoms. The lowest BCUT2D eigenvalue weighted by atomic mass is 10.0. The van der Waals surface area contributed by atoms with Crippen LogP contribution in [0, 0.1) is 5.92 Å². The average molecular weight is 323 g/mol. The fourth-order valence-corrected chi connectivity index (χ4v) is 2.26. The Bertz CT molecular complexity index is 530. The van der Waals surface area contributed by atoms with E-state index < -0.39 is 17.8 Å². The highest BCUT2D eigenvalue weighted by Gasteiger charge is 2.24. The predicted octanol–water partition coefficient (Wildman–Crippen LogP) is 2.25. The zero-order valence-corrected chi connectivity index (χ0v) is 13.9. The van der Waals surface area contributed by atoms with Gasteiger partial charge in [-0.05, 0) is 30.5 Å². The first-order chi connectivity index (χ1) is 11.0. The van der Waals surface area contributed by atoms with Crippen LogP contribution in [0.25, 0.3) is 0 Å². The fraction of sp³-hybridized carbons (Fsp3) is 0.529. The van der Waals surface area contributed by atoms with Gasteiger partial charge in [-0.1, -0.05) is 25.8 Å². The van der Waals surface area contributed by atoms with E-state index in [1.165, 1.54) is 0 Å². The standard InChI is InChI=1S/C17H25NO5/c1-4-5-6-13(17(20)21)16(19)18-10-9-12-7-8-14(22-2)15(11-12)23-3/h7-8,11,13H,4-6,9-10H2,1-3H3,(H,18,19)(H,20,21). The van der Waals surface area contributed by atoms with Crippen molar-refractivity contribution < 1.29 is 24.2 Å². The number of amides is 1. The summed E-state index contributed by atoms with van der Waals surface area (Å²) in [6.07, 6.45) is 2.54. The van der Waals surface area contributed by atoms with E-state index in [-0.39, 0.29) is 0 Å². The van der Waals surface area contributed by atoms with Gasteiger partial charge in [0, 0.05) is 6.54 Å². The summed E-state index contributed by atoms with van der Waals surface area (Å²) in [5.41, 5.74) is 0.975. The van der Waals surface area contributed by atoms with Gasteiger partial charge in [-0.3, -0.25) is 9.59 Å². The smallest absolute Gasteiger partial charge is 0.316 e. The van der Waals surface area contributed by atoms with Gasteiger partial charge in [0.05, 0.1) is 14.2 Å². The minimum Gasteiger partial charge on any atom is -0.493 e. The summed E-state index contributed by atoms with van der Waals surface area (Å²) in [5.74, 6) is -1.19. The van der Waals surface area contributed by atoms with E-state index in [1.54, 1.807) is 20.3 Å². The second-order valence-electron chi connectivity index (χ2n) is 5.26. The van der Waals surface area contributed by atoms with Crippen LogP contribution in [0.15, 0.2) is 18.2 Å². The molecule has 0 heterocycles. The highest BCUT2D eigenvalue weighted by Crippen LogP contribution is 2.27. The van der Waals surface area contributed by atoms with Crippen LogP contribution in [0.1, 0.15) is 31.7 Å². The zero-order chi connectivity index (χ0) is 17.2. The number of ether oxygens (including phenoxy) is 2. The van der Waals surface area contributed by atoms with Crippen LogP contribution in [-0.4, -0.2) is 37.7 Å². The van der Waals surface area contributed by atoms with Crippen molar-refractivity contribution in [1.82, 2.24) is 5.32 Å². The van der Waals surface area contributed by atoms with Crippen molar-refractivity contribution in [3.05, 3.63) is 23.8 Å². The molecule has 0 aliphatic rings. The van der Waals surface area contributed by atoms with E-state index in [1.807, 2.05) is 19.1 Å². The number of hydrogen-bond donors (Lipinski definition) is 2. The molecule has 0 aliphatic heterocycles. The summed E-state index contributed by atoms with van der Waals surface area (Å²) < 4.78 is 10.4. The van der Waals surface area contributed by atoms with Crippen LogP contribution in [0.3, 0.4) is 0 Å². The van der Waals surface area contributed by atoms with Crippen molar-refractivity contribution in [3.8, 4) is 11.5 Å². The van der Waals surface area contributed by atoms with Gasteiger partial charge in [0.15, 0.2) is 11.5 Å². The molecule has 1 amide bonds. The van der Waals surface area contributed by atoms with Gasteiger partial charge in [-0.2, -0.15) is 0 Å². The number of nitrogens with one attached hydrogen (secondary N) is 1. The molecule has 0 radical (unpaired) electrons. The lowest BCUT2D eigenvalue weighted by molar-refractivity contribution is -0.147. The number of aliphatic carboxylic acids is 1. The topological polar surface area (TPSA) is 84.9 Å². The third-order valence-corrected chi connectivity index (χ3v) is 3.62. The Morgan fingerprint density at radius 1 is 1.22 bits per heavy atom. The third kappa shape index (κ3) is 5.81. The van der Waals surface area contributed by atoms with Crippen molar-refractivity contribution in [2.24, 2.45) is 5.92 Å². The molecule has 0 spiro atoms. The molecule has 0 saturated carbocycles. The van der Waals surface area contributed by atoms with Crippen LogP contribution in [0.5, 0.6) is 11.5 Å². The lowest BCUT2D eigenvalue weighted by Crippen LogP contribution is -2.36. The fourth-order valence-electron chi connectivity index (χ4n) is 2.26. The molecule has 6 nitrogen and oxygen atoms in total. The number of carboxylic acids is 1. The second kappa shape index (κ2) is 9.71. The SMILES string of the molecule is CCCCC(C(=O)O)C(=O)NCCc1ccc(OC)c(OC)c1. The Kier molecular flexibility index (Phi) is 7.94. The summed E-state index contributed by atoms with van der Waals surface area (Å²) in [6.45, 7) is 2.35. The van der Waals surface area contributed by atoms with Crippen molar-refractivity contribution in [1.29, 1.82) is 0 Å². The number of benzene rings is 1. The van der Waals surface area contributed by atoms with Crippen molar-refractivity contribution in [2.75, 3.05) is 20.8 Å². The van der Waals surface area contributed by atoms with Gasteiger partial charge in [0.2, 0.25) is 5.91 Å². The maximum absolute atomic E-state index is 12.0. The molecule has 0 fully saturated rings. The first kappa shape index (κ1) is 18.8. The van der Waals surface area contributed by atoms with E-state index >= 15 is 0 Å². The van der Waals surface area contributed by atoms with Gasteiger partial charge in [0.1, 0.15) is 5.92 Å². The minimum absolute atomic E-state index is 0.369. The molecule has 0 aromatic heterocycles. The third-order valence-electron chi connectivity index (χ3n) is 3.62. The summed E-state index contributed by atoms with van der Waals surface area (Å²) in [7, 11) is 3.13. The van der Waals surface area contributed by atoms with Gasteiger partial charge >= 0.3 is 5.97 Å². The number of carbonyl (C=O) groups excluding carboxylic acids is 1. The Hall–Kier alpha value is -2.24. The van der Waals surface area contributed by atoms with Crippen molar-refractivity contribution in [2.45, 2.75) is 32.6 Å². The maximum Gasteiger partial charge on any atom is 0.316 e. The largest absolute Gasteiger partial charge is 0.493 e. The van der Waals surface area contributed by atoms with E-state index in [0.29, 0.717) is 30.9 Å². The average Bonchev–Trinajstić information content (AvgIpc) is 2.54. The number of methoxy groups -OCH3 is 2. The van der Waals surface area contributed by atoms with E-state index in [0.717, 1.165) is 18.4 Å². The number of rotatable bonds is 10. The highest BCUT2D eigenvalue weighted by atomic mass is 16.5. The van der Waals surface area contributed by atoms with Gasteiger partial charge < -0.3 is 19.9 Å². The van der Waals surface area contributed by atoms with Crippen molar-refractivity contribution >= 4 is 11.9 Å². The van der Waals surface area contributed by atoms with Gasteiger partial charge in [-0.15, -0.1) is 0 Å². The van der Waals surface area contributed by atoms with Crippen LogP contribution < -0.4 is 14.8 Å². The summed E-state index contributed by atoms with van der Waals surface area (Å²) >= 11 is 0. The number of carboxylic acid groups (broad SMARTS) is 1. The summed E-state index contributed by atoms with van der Waals surface area (Å²) in [5, 5.41) is 11.8. The summed E-state index contributed by atoms with van der Waals surface area (Å²) in [6, 6.07) is 5.54. The normalized spacial score (nSPS) is 11.6. The molecule has 1 aromatic rings. The van der Waals surface area contributed by atoms with Crippen LogP contribution >= 0.6 is 0 Å². The number of unbranched alkanes of at least 4 members (excludes halogenated alkanes) is 1. The second-order valence-corrected chi connectivity index (χ2v) is 5.26. The van der Waals surface area contributed by atoms with Crippen molar-refractivity contribution in [3.63, 3.8) is 0 Å². The van der Waals surface area contributed by atoms with E-state index in [9.17, 15) is 9.59 Å². The van der Waals surface area contributed by atoms with Crippen LogP contribution in [0.2, 0.25) is 0 Å². The molecule has 1 unspecified atom stereocenters. The van der Waals surface area contributed by atoms with Gasteiger partial charge in [-0.25, -0.2) is 0 Å². The molecular weight excluding hydrogens is 298 g/mol. The zero-order valence-electron chi connectivity index (χ0n) is 13.9. The molecular formula is C17H25NO5. The quantitative estimate of drug-likeness (QED) is 0.645. The molecule has 0 saturated heterocycles. The lowest BCUT2D eigenvalue weighted by Gasteiger charge is -2.13. The van der Waals surface area contributed by atoms with E-state index in [2.05, 4.69) is 5.32 Å². The van der Waals surface area contributed by atoms with E-state index in [4.69, 9.17) is 14.6 Å².